The Morgan fingerprint density at radius 1 is 1.50 bits per heavy atom. The zero-order valence-corrected chi connectivity index (χ0v) is 10.1. The summed E-state index contributed by atoms with van der Waals surface area (Å²) >= 11 is 5.50. The van der Waals surface area contributed by atoms with E-state index in [0.717, 1.165) is 18.2 Å². The molecule has 0 amide bonds. The first-order chi connectivity index (χ1) is 8.51. The van der Waals surface area contributed by atoms with Crippen molar-refractivity contribution in [2.75, 3.05) is 6.61 Å². The van der Waals surface area contributed by atoms with Crippen LogP contribution in [0.3, 0.4) is 0 Å². The molecule has 1 rings (SSSR count). The summed E-state index contributed by atoms with van der Waals surface area (Å²) in [6.07, 6.45) is 0. The normalized spacial score (nSPS) is 9.50. The van der Waals surface area contributed by atoms with Gasteiger partial charge in [0.1, 0.15) is 5.82 Å². The molecule has 0 spiro atoms. The molecule has 0 unspecified atom stereocenters. The minimum atomic E-state index is -1.06. The van der Waals surface area contributed by atoms with E-state index >= 15 is 0 Å². The van der Waals surface area contributed by atoms with Gasteiger partial charge in [-0.25, -0.2) is 9.18 Å². The van der Waals surface area contributed by atoms with Gasteiger partial charge in [-0.1, -0.05) is 11.6 Å². The summed E-state index contributed by atoms with van der Waals surface area (Å²) in [5, 5.41) is -0.276. The summed E-state index contributed by atoms with van der Waals surface area (Å²) in [5.74, 6) is -2.67. The van der Waals surface area contributed by atoms with E-state index in [0.29, 0.717) is 0 Å². The number of hydrogen-bond donors (Lipinski definition) is 0. The Morgan fingerprint density at radius 3 is 2.67 bits per heavy atom. The van der Waals surface area contributed by atoms with Crippen LogP contribution in [0.1, 0.15) is 17.3 Å². The van der Waals surface area contributed by atoms with Crippen molar-refractivity contribution in [3.8, 4) is 0 Å². The lowest BCUT2D eigenvalue weighted by Crippen LogP contribution is -2.27. The topological polar surface area (TPSA) is 79.8 Å². The van der Waals surface area contributed by atoms with E-state index < -0.39 is 23.3 Å². The molecule has 0 saturated heterocycles. The molecule has 0 aliphatic carbocycles. The van der Waals surface area contributed by atoms with Gasteiger partial charge in [-0.3, -0.25) is 4.79 Å². The van der Waals surface area contributed by atoms with Gasteiger partial charge in [0.25, 0.3) is 5.78 Å². The van der Waals surface area contributed by atoms with Gasteiger partial charge in [-0.05, 0) is 25.1 Å². The number of carbonyl (C=O) groups is 2. The van der Waals surface area contributed by atoms with Crippen LogP contribution in [0.2, 0.25) is 5.02 Å². The first kappa shape index (κ1) is 14.0. The van der Waals surface area contributed by atoms with Crippen molar-refractivity contribution in [2.24, 2.45) is 0 Å². The van der Waals surface area contributed by atoms with E-state index in [1.54, 1.807) is 0 Å². The Labute approximate surface area is 107 Å². The summed E-state index contributed by atoms with van der Waals surface area (Å²) in [6.45, 7) is 1.56. The second-order valence-corrected chi connectivity index (χ2v) is 3.53. The standard InChI is InChI=1S/C11H8ClFN2O3/c1-2-18-11(17)9(15-14)10(16)6-3-4-8(13)7(12)5-6/h3-5H,2H2,1H3. The number of benzene rings is 1. The van der Waals surface area contributed by atoms with Crippen LogP contribution in [-0.4, -0.2) is 28.9 Å². The number of ether oxygens (including phenoxy) is 1. The molecular weight excluding hydrogens is 263 g/mol. The van der Waals surface area contributed by atoms with Gasteiger partial charge in [0.05, 0.1) is 11.6 Å². The van der Waals surface area contributed by atoms with Crippen LogP contribution >= 0.6 is 11.6 Å². The van der Waals surface area contributed by atoms with Gasteiger partial charge in [-0.2, -0.15) is 4.79 Å². The lowest BCUT2D eigenvalue weighted by atomic mass is 10.1. The van der Waals surface area contributed by atoms with Crippen molar-refractivity contribution in [1.82, 2.24) is 0 Å². The first-order valence-electron chi connectivity index (χ1n) is 4.90. The Kier molecular flexibility index (Phi) is 4.71. The van der Waals surface area contributed by atoms with Gasteiger partial charge < -0.3 is 10.3 Å². The number of carbonyl (C=O) groups excluding carboxylic acids is 2. The monoisotopic (exact) mass is 270 g/mol. The van der Waals surface area contributed by atoms with Gasteiger partial charge in [0, 0.05) is 5.56 Å². The van der Waals surface area contributed by atoms with E-state index in [9.17, 15) is 14.0 Å². The number of rotatable bonds is 4. The third-order valence-electron chi connectivity index (χ3n) is 1.97. The Balaban J connectivity index is 3.09. The molecule has 1 aromatic carbocycles. The summed E-state index contributed by atoms with van der Waals surface area (Å²) in [6, 6.07) is 3.12. The average Bonchev–Trinajstić information content (AvgIpc) is 2.33. The average molecular weight is 271 g/mol. The molecule has 0 fully saturated rings. The lowest BCUT2D eigenvalue weighted by Gasteiger charge is -1.99. The van der Waals surface area contributed by atoms with Crippen LogP contribution in [0.15, 0.2) is 18.2 Å². The Morgan fingerprint density at radius 2 is 2.17 bits per heavy atom. The molecule has 0 bridgehead atoms. The van der Waals surface area contributed by atoms with Gasteiger partial charge >= 0.3 is 11.7 Å². The molecule has 5 nitrogen and oxygen atoms in total. The number of ketones is 1. The smallest absolute Gasteiger partial charge is 0.446 e. The van der Waals surface area contributed by atoms with E-state index in [1.165, 1.54) is 6.92 Å². The predicted molar refractivity (Wildman–Crippen MR) is 61.0 cm³/mol. The van der Waals surface area contributed by atoms with E-state index in [1.807, 2.05) is 0 Å². The molecule has 18 heavy (non-hydrogen) atoms. The number of halogens is 2. The maximum Gasteiger partial charge on any atom is 0.446 e. The van der Waals surface area contributed by atoms with Crippen molar-refractivity contribution in [1.29, 1.82) is 0 Å². The quantitative estimate of drug-likeness (QED) is 0.209. The molecule has 1 aromatic rings. The first-order valence-corrected chi connectivity index (χ1v) is 5.28. The Bertz CT molecular complexity index is 553. The maximum atomic E-state index is 12.9. The predicted octanol–water partition coefficient (Wildman–Crippen LogP) is 1.90. The highest BCUT2D eigenvalue weighted by molar-refractivity contribution is 6.65. The summed E-state index contributed by atoms with van der Waals surface area (Å²) < 4.78 is 17.4. The second-order valence-electron chi connectivity index (χ2n) is 3.13. The molecule has 0 N–H and O–H groups in total. The summed E-state index contributed by atoms with van der Waals surface area (Å²) in [4.78, 5) is 25.7. The molecular formula is C11H8ClFN2O3. The van der Waals surface area contributed by atoms with Crippen molar-refractivity contribution >= 4 is 29.1 Å². The molecule has 7 heteroatoms. The van der Waals surface area contributed by atoms with Crippen molar-refractivity contribution in [3.05, 3.63) is 40.1 Å². The molecule has 94 valence electrons. The van der Waals surface area contributed by atoms with Crippen LogP contribution in [-0.2, 0) is 9.53 Å². The number of hydrogen-bond acceptors (Lipinski definition) is 3. The minimum absolute atomic E-state index is 0.0231. The molecule has 0 saturated carbocycles. The molecule has 0 aliphatic rings. The van der Waals surface area contributed by atoms with Crippen molar-refractivity contribution in [2.45, 2.75) is 6.92 Å². The van der Waals surface area contributed by atoms with E-state index in [2.05, 4.69) is 9.53 Å². The van der Waals surface area contributed by atoms with Crippen molar-refractivity contribution in [3.63, 3.8) is 0 Å². The minimum Gasteiger partial charge on any atom is -0.457 e. The highest BCUT2D eigenvalue weighted by Gasteiger charge is 2.32. The van der Waals surface area contributed by atoms with Crippen LogP contribution in [0.5, 0.6) is 0 Å². The van der Waals surface area contributed by atoms with Gasteiger partial charge in [0.15, 0.2) is 0 Å². The highest BCUT2D eigenvalue weighted by Crippen LogP contribution is 2.16. The van der Waals surface area contributed by atoms with E-state index in [4.69, 9.17) is 17.1 Å². The van der Waals surface area contributed by atoms with E-state index in [-0.39, 0.29) is 17.2 Å². The van der Waals surface area contributed by atoms with Crippen LogP contribution in [0.4, 0.5) is 4.39 Å². The summed E-state index contributed by atoms with van der Waals surface area (Å²) in [5.41, 5.74) is 7.76. The molecule has 0 aliphatic heterocycles. The lowest BCUT2D eigenvalue weighted by molar-refractivity contribution is -0.139. The Hall–Kier alpha value is -2.04. The fourth-order valence-corrected chi connectivity index (χ4v) is 1.33. The van der Waals surface area contributed by atoms with Crippen LogP contribution < -0.4 is 0 Å². The summed E-state index contributed by atoms with van der Waals surface area (Å²) in [7, 11) is 0. The van der Waals surface area contributed by atoms with Crippen LogP contribution in [0, 0.1) is 5.82 Å². The largest absolute Gasteiger partial charge is 0.457 e. The fraction of sp³-hybridized carbons (Fsp3) is 0.182. The number of Topliss-reactive ketones (excluding diaryl/α,β-unsaturated/α-hetero) is 1. The van der Waals surface area contributed by atoms with Gasteiger partial charge in [-0.15, -0.1) is 0 Å². The fourth-order valence-electron chi connectivity index (χ4n) is 1.15. The number of nitrogens with zero attached hydrogens (tertiary/aromatic N) is 2. The van der Waals surface area contributed by atoms with Gasteiger partial charge in [0.2, 0.25) is 0 Å². The maximum absolute atomic E-state index is 12.9. The SMILES string of the molecule is CCOC(=O)C(=[N+]=[N-])C(=O)c1ccc(F)c(Cl)c1. The third-order valence-corrected chi connectivity index (χ3v) is 2.26. The molecule has 0 atom stereocenters. The molecule has 0 radical (unpaired) electrons. The van der Waals surface area contributed by atoms with Crippen molar-refractivity contribution < 1.29 is 23.5 Å². The van der Waals surface area contributed by atoms with Crippen LogP contribution in [0.25, 0.3) is 5.53 Å². The molecule has 0 heterocycles. The zero-order chi connectivity index (χ0) is 13.7. The second kappa shape index (κ2) is 6.05. The molecule has 0 aromatic heterocycles. The zero-order valence-electron chi connectivity index (χ0n) is 9.31. The third kappa shape index (κ3) is 3.00. The number of esters is 1. The highest BCUT2D eigenvalue weighted by atomic mass is 35.5.